The van der Waals surface area contributed by atoms with E-state index in [-0.39, 0.29) is 12.1 Å². The zero-order valence-electron chi connectivity index (χ0n) is 16.6. The van der Waals surface area contributed by atoms with Crippen LogP contribution < -0.4 is 0 Å². The predicted molar refractivity (Wildman–Crippen MR) is 101 cm³/mol. The molecule has 0 unspecified atom stereocenters. The first-order valence-corrected chi connectivity index (χ1v) is 10.8. The molecular formula is C23H36O2. The molecule has 3 saturated carbocycles. The lowest BCUT2D eigenvalue weighted by Gasteiger charge is -2.59. The summed E-state index contributed by atoms with van der Waals surface area (Å²) in [4.78, 5) is 11.4. The van der Waals surface area contributed by atoms with Gasteiger partial charge in [0, 0.05) is 6.92 Å². The molecule has 3 fully saturated rings. The quantitative estimate of drug-likeness (QED) is 0.460. The highest BCUT2D eigenvalue weighted by Crippen LogP contribution is 2.66. The monoisotopic (exact) mass is 344 g/mol. The number of allylic oxidation sites excluding steroid dienone is 2. The number of fused-ring (bicyclic) bond motifs is 5. The van der Waals surface area contributed by atoms with Crippen molar-refractivity contribution in [1.29, 1.82) is 0 Å². The Morgan fingerprint density at radius 3 is 2.72 bits per heavy atom. The molecule has 0 aromatic carbocycles. The molecule has 0 aliphatic heterocycles. The number of hydrogen-bond acceptors (Lipinski definition) is 2. The van der Waals surface area contributed by atoms with Gasteiger partial charge in [0.25, 0.3) is 0 Å². The van der Waals surface area contributed by atoms with Gasteiger partial charge in [-0.1, -0.05) is 38.8 Å². The molecule has 2 heteroatoms. The van der Waals surface area contributed by atoms with Crippen molar-refractivity contribution in [2.45, 2.75) is 91.6 Å². The zero-order valence-corrected chi connectivity index (χ0v) is 16.6. The average molecular weight is 345 g/mol. The summed E-state index contributed by atoms with van der Waals surface area (Å²) < 4.78 is 5.58. The van der Waals surface area contributed by atoms with Crippen LogP contribution in [0.15, 0.2) is 11.6 Å². The maximum Gasteiger partial charge on any atom is 0.302 e. The first kappa shape index (κ1) is 17.6. The second kappa shape index (κ2) is 6.13. The second-order valence-electron chi connectivity index (χ2n) is 9.96. The molecule has 4 aliphatic carbocycles. The minimum atomic E-state index is -0.0996. The van der Waals surface area contributed by atoms with Gasteiger partial charge < -0.3 is 4.74 Å². The van der Waals surface area contributed by atoms with Crippen LogP contribution in [-0.2, 0) is 9.53 Å². The van der Waals surface area contributed by atoms with Crippen LogP contribution in [-0.4, -0.2) is 12.1 Å². The fourth-order valence-electron chi connectivity index (χ4n) is 7.60. The highest BCUT2D eigenvalue weighted by atomic mass is 16.5. The number of hydrogen-bond donors (Lipinski definition) is 0. The van der Waals surface area contributed by atoms with E-state index in [1.807, 2.05) is 5.57 Å². The topological polar surface area (TPSA) is 26.3 Å². The van der Waals surface area contributed by atoms with Crippen molar-refractivity contribution in [3.05, 3.63) is 11.6 Å². The van der Waals surface area contributed by atoms with Crippen LogP contribution in [0.5, 0.6) is 0 Å². The molecule has 0 N–H and O–H groups in total. The van der Waals surface area contributed by atoms with Crippen LogP contribution >= 0.6 is 0 Å². The highest BCUT2D eigenvalue weighted by molar-refractivity contribution is 5.66. The predicted octanol–water partition coefficient (Wildman–Crippen LogP) is 5.91. The van der Waals surface area contributed by atoms with E-state index in [1.54, 1.807) is 6.92 Å². The summed E-state index contributed by atoms with van der Waals surface area (Å²) in [5, 5.41) is 0. The summed E-state index contributed by atoms with van der Waals surface area (Å²) in [6.45, 7) is 9.09. The Morgan fingerprint density at radius 2 is 2.00 bits per heavy atom. The molecule has 4 rings (SSSR count). The van der Waals surface area contributed by atoms with Crippen molar-refractivity contribution in [3.8, 4) is 0 Å². The Balaban J connectivity index is 1.55. The Morgan fingerprint density at radius 1 is 1.20 bits per heavy atom. The molecule has 0 spiro atoms. The van der Waals surface area contributed by atoms with Crippen molar-refractivity contribution >= 4 is 5.97 Å². The van der Waals surface area contributed by atoms with Gasteiger partial charge in [0.1, 0.15) is 6.10 Å². The summed E-state index contributed by atoms with van der Waals surface area (Å²) in [6, 6.07) is 0. The van der Waals surface area contributed by atoms with Crippen molar-refractivity contribution in [2.24, 2.45) is 34.5 Å². The van der Waals surface area contributed by atoms with E-state index >= 15 is 0 Å². The van der Waals surface area contributed by atoms with Crippen LogP contribution in [0.4, 0.5) is 0 Å². The molecule has 2 nitrogen and oxygen atoms in total. The minimum absolute atomic E-state index is 0.0996. The van der Waals surface area contributed by atoms with E-state index in [1.165, 1.54) is 44.9 Å². The number of ether oxygens (including phenoxy) is 1. The molecule has 7 atom stereocenters. The molecule has 0 amide bonds. The summed E-state index contributed by atoms with van der Waals surface area (Å²) in [5.74, 6) is 3.23. The lowest BCUT2D eigenvalue weighted by atomic mass is 9.46. The van der Waals surface area contributed by atoms with Crippen molar-refractivity contribution in [2.75, 3.05) is 0 Å². The fraction of sp³-hybridized carbons (Fsp3) is 0.870. The third kappa shape index (κ3) is 2.61. The number of carbonyl (C=O) groups excluding carboxylic acids is 1. The molecule has 0 heterocycles. The van der Waals surface area contributed by atoms with Gasteiger partial charge >= 0.3 is 5.97 Å². The highest BCUT2D eigenvalue weighted by Gasteiger charge is 2.57. The minimum Gasteiger partial charge on any atom is -0.463 e. The molecule has 0 radical (unpaired) electrons. The molecule has 25 heavy (non-hydrogen) atoms. The van der Waals surface area contributed by atoms with E-state index in [0.717, 1.165) is 36.5 Å². The van der Waals surface area contributed by atoms with Gasteiger partial charge in [-0.25, -0.2) is 0 Å². The molecule has 0 aromatic rings. The number of carbonyl (C=O) groups is 1. The third-order valence-electron chi connectivity index (χ3n) is 9.03. The van der Waals surface area contributed by atoms with E-state index < -0.39 is 0 Å². The first-order valence-electron chi connectivity index (χ1n) is 10.8. The Labute approximate surface area is 153 Å². The van der Waals surface area contributed by atoms with Crippen LogP contribution in [0.1, 0.15) is 85.5 Å². The van der Waals surface area contributed by atoms with Gasteiger partial charge in [0.2, 0.25) is 0 Å². The average Bonchev–Trinajstić information content (AvgIpc) is 2.91. The number of esters is 1. The molecule has 4 aliphatic rings. The van der Waals surface area contributed by atoms with E-state index in [4.69, 9.17) is 4.74 Å². The van der Waals surface area contributed by atoms with Gasteiger partial charge in [0.15, 0.2) is 0 Å². The van der Waals surface area contributed by atoms with E-state index in [0.29, 0.717) is 10.8 Å². The number of rotatable bonds is 2. The Kier molecular flexibility index (Phi) is 4.32. The maximum atomic E-state index is 11.4. The summed E-state index contributed by atoms with van der Waals surface area (Å²) in [5.41, 5.74) is 2.80. The van der Waals surface area contributed by atoms with Gasteiger partial charge in [-0.3, -0.25) is 4.79 Å². The van der Waals surface area contributed by atoms with Crippen LogP contribution in [0.25, 0.3) is 0 Å². The van der Waals surface area contributed by atoms with Gasteiger partial charge in [-0.15, -0.1) is 0 Å². The largest absolute Gasteiger partial charge is 0.463 e. The molecule has 0 saturated heterocycles. The zero-order chi connectivity index (χ0) is 17.8. The molecule has 0 bridgehead atoms. The summed E-state index contributed by atoms with van der Waals surface area (Å²) >= 11 is 0. The van der Waals surface area contributed by atoms with Gasteiger partial charge in [0.05, 0.1) is 0 Å². The molecule has 0 aromatic heterocycles. The SMILES string of the molecule is CC[C@H]1CC=C2[C@@H]3CC[C@H]4C[C@@H](OC(C)=O)CC[C@]4(C)[C@H]3CC[C@@]21C. The molecular weight excluding hydrogens is 308 g/mol. The fourth-order valence-corrected chi connectivity index (χ4v) is 7.60. The summed E-state index contributed by atoms with van der Waals surface area (Å²) in [7, 11) is 0. The lowest BCUT2D eigenvalue weighted by molar-refractivity contribution is -0.155. The molecule has 140 valence electrons. The first-order chi connectivity index (χ1) is 11.9. The van der Waals surface area contributed by atoms with Crippen molar-refractivity contribution < 1.29 is 9.53 Å². The smallest absolute Gasteiger partial charge is 0.302 e. The maximum absolute atomic E-state index is 11.4. The Bertz CT molecular complexity index is 579. The Hall–Kier alpha value is -0.790. The van der Waals surface area contributed by atoms with Crippen LogP contribution in [0.2, 0.25) is 0 Å². The van der Waals surface area contributed by atoms with E-state index in [9.17, 15) is 4.79 Å². The summed E-state index contributed by atoms with van der Waals surface area (Å²) in [6.07, 6.45) is 14.4. The van der Waals surface area contributed by atoms with Gasteiger partial charge in [-0.05, 0) is 85.9 Å². The standard InChI is InChI=1S/C23H36O2/c1-5-16-7-9-20-19-8-6-17-14-18(25-15(2)24)10-12-23(17,4)21(19)11-13-22(16,20)3/h9,16-19,21H,5-8,10-14H2,1-4H3/t16-,17-,18-,19-,21-,22+,23-/m0/s1. The third-order valence-corrected chi connectivity index (χ3v) is 9.03. The van der Waals surface area contributed by atoms with Crippen LogP contribution in [0.3, 0.4) is 0 Å². The van der Waals surface area contributed by atoms with Gasteiger partial charge in [-0.2, -0.15) is 0 Å². The van der Waals surface area contributed by atoms with Crippen LogP contribution in [0, 0.1) is 34.5 Å². The second-order valence-corrected chi connectivity index (χ2v) is 9.96. The van der Waals surface area contributed by atoms with E-state index in [2.05, 4.69) is 26.8 Å². The van der Waals surface area contributed by atoms with Crippen molar-refractivity contribution in [1.82, 2.24) is 0 Å². The normalized spacial score (nSPS) is 48.8. The van der Waals surface area contributed by atoms with Crippen molar-refractivity contribution in [3.63, 3.8) is 0 Å². The lowest BCUT2D eigenvalue weighted by Crippen LogP contribution is -2.52.